The number of hydrogen-bond donors (Lipinski definition) is 1. The summed E-state index contributed by atoms with van der Waals surface area (Å²) < 4.78 is 17.3. The molecular formula is C18H20N2O5. The van der Waals surface area contributed by atoms with Crippen molar-refractivity contribution in [2.75, 3.05) is 6.79 Å². The molecule has 0 aromatic heterocycles. The van der Waals surface area contributed by atoms with Gasteiger partial charge in [0.05, 0.1) is 12.1 Å². The van der Waals surface area contributed by atoms with E-state index in [-0.39, 0.29) is 37.0 Å². The van der Waals surface area contributed by atoms with Gasteiger partial charge in [0.25, 0.3) is 0 Å². The van der Waals surface area contributed by atoms with Gasteiger partial charge in [0.2, 0.25) is 18.6 Å². The van der Waals surface area contributed by atoms with Crippen LogP contribution in [-0.2, 0) is 20.9 Å². The van der Waals surface area contributed by atoms with Crippen LogP contribution in [0.25, 0.3) is 0 Å². The molecule has 1 N–H and O–H groups in total. The lowest BCUT2D eigenvalue weighted by molar-refractivity contribution is -0.156. The first kappa shape index (κ1) is 15.2. The minimum atomic E-state index is -0.355. The molecule has 5 rings (SSSR count). The fourth-order valence-electron chi connectivity index (χ4n) is 3.94. The molecule has 1 aromatic carbocycles. The molecule has 2 fully saturated rings. The summed E-state index contributed by atoms with van der Waals surface area (Å²) in [4.78, 5) is 25.9. The maximum Gasteiger partial charge on any atom is 0.244 e. The first-order chi connectivity index (χ1) is 12.2. The van der Waals surface area contributed by atoms with E-state index in [1.54, 1.807) is 0 Å². The standard InChI is InChI=1S/C18H20N2O5/c21-16-5-4-13(17(22)19-16)20-8-10-6-14-15(24-9-23-14)7-12(10)18(20)25-11-2-1-3-11/h6-7,11,13,18H,1-5,8-9H2,(H,19,21,22). The molecule has 0 radical (unpaired) electrons. The highest BCUT2D eigenvalue weighted by Gasteiger charge is 2.43. The quantitative estimate of drug-likeness (QED) is 0.840. The molecule has 1 saturated heterocycles. The highest BCUT2D eigenvalue weighted by Crippen LogP contribution is 2.45. The Kier molecular flexibility index (Phi) is 3.46. The van der Waals surface area contributed by atoms with Gasteiger partial charge in [-0.25, -0.2) is 0 Å². The van der Waals surface area contributed by atoms with Crippen LogP contribution in [-0.4, -0.2) is 35.7 Å². The average molecular weight is 344 g/mol. The van der Waals surface area contributed by atoms with Crippen LogP contribution in [0.3, 0.4) is 0 Å². The zero-order chi connectivity index (χ0) is 17.0. The number of ether oxygens (including phenoxy) is 3. The van der Waals surface area contributed by atoms with Crippen LogP contribution < -0.4 is 14.8 Å². The average Bonchev–Trinajstić information content (AvgIpc) is 3.12. The molecule has 3 aliphatic heterocycles. The van der Waals surface area contributed by atoms with Crippen molar-refractivity contribution in [2.24, 2.45) is 0 Å². The van der Waals surface area contributed by atoms with Crippen LogP contribution in [0, 0.1) is 0 Å². The van der Waals surface area contributed by atoms with E-state index in [1.807, 2.05) is 12.1 Å². The third-order valence-electron chi connectivity index (χ3n) is 5.54. The second-order valence-electron chi connectivity index (χ2n) is 7.08. The summed E-state index contributed by atoms with van der Waals surface area (Å²) in [6, 6.07) is 3.61. The normalized spacial score (nSPS) is 28.6. The van der Waals surface area contributed by atoms with Crippen LogP contribution in [0.4, 0.5) is 0 Å². The van der Waals surface area contributed by atoms with Crippen molar-refractivity contribution in [3.05, 3.63) is 23.3 Å². The van der Waals surface area contributed by atoms with Crippen LogP contribution in [0.5, 0.6) is 11.5 Å². The number of fused-ring (bicyclic) bond motifs is 2. The SMILES string of the molecule is O=C1CCC(N2Cc3cc4c(cc3C2OC2CCC2)OCO4)C(=O)N1. The number of piperidine rings is 1. The van der Waals surface area contributed by atoms with Gasteiger partial charge in [0.15, 0.2) is 11.5 Å². The topological polar surface area (TPSA) is 77.1 Å². The Hall–Kier alpha value is -2.12. The molecule has 2 amide bonds. The largest absolute Gasteiger partial charge is 0.454 e. The lowest BCUT2D eigenvalue weighted by atomic mass is 9.96. The van der Waals surface area contributed by atoms with Gasteiger partial charge in [0, 0.05) is 18.5 Å². The van der Waals surface area contributed by atoms with Gasteiger partial charge in [-0.05, 0) is 43.4 Å². The summed E-state index contributed by atoms with van der Waals surface area (Å²) in [7, 11) is 0. The molecule has 1 saturated carbocycles. The van der Waals surface area contributed by atoms with Crippen molar-refractivity contribution in [1.82, 2.24) is 10.2 Å². The number of hydrogen-bond acceptors (Lipinski definition) is 6. The fraction of sp³-hybridized carbons (Fsp3) is 0.556. The number of nitrogens with zero attached hydrogens (tertiary/aromatic N) is 1. The Labute approximate surface area is 145 Å². The third kappa shape index (κ3) is 2.49. The molecule has 25 heavy (non-hydrogen) atoms. The highest BCUT2D eigenvalue weighted by atomic mass is 16.7. The summed E-state index contributed by atoms with van der Waals surface area (Å²) in [6.45, 7) is 0.846. The monoisotopic (exact) mass is 344 g/mol. The molecule has 1 aromatic rings. The zero-order valence-electron chi connectivity index (χ0n) is 13.8. The molecule has 2 unspecified atom stereocenters. The molecule has 1 aliphatic carbocycles. The summed E-state index contributed by atoms with van der Waals surface area (Å²) in [5.41, 5.74) is 2.14. The lowest BCUT2D eigenvalue weighted by Gasteiger charge is -2.37. The van der Waals surface area contributed by atoms with Crippen molar-refractivity contribution >= 4 is 11.8 Å². The van der Waals surface area contributed by atoms with E-state index in [4.69, 9.17) is 14.2 Å². The second kappa shape index (κ2) is 5.71. The summed E-state index contributed by atoms with van der Waals surface area (Å²) >= 11 is 0. The van der Waals surface area contributed by atoms with Crippen LogP contribution in [0.1, 0.15) is 49.5 Å². The maximum atomic E-state index is 12.4. The smallest absolute Gasteiger partial charge is 0.244 e. The van der Waals surface area contributed by atoms with Crippen molar-refractivity contribution in [1.29, 1.82) is 0 Å². The molecular weight excluding hydrogens is 324 g/mol. The van der Waals surface area contributed by atoms with E-state index in [1.165, 1.54) is 6.42 Å². The molecule has 7 nitrogen and oxygen atoms in total. The molecule has 132 valence electrons. The van der Waals surface area contributed by atoms with Crippen LogP contribution in [0.15, 0.2) is 12.1 Å². The molecule has 4 aliphatic rings. The Balaban J connectivity index is 1.47. The van der Waals surface area contributed by atoms with E-state index >= 15 is 0 Å². The minimum Gasteiger partial charge on any atom is -0.454 e. The molecule has 0 spiro atoms. The van der Waals surface area contributed by atoms with Gasteiger partial charge in [0.1, 0.15) is 6.23 Å². The predicted molar refractivity (Wildman–Crippen MR) is 85.7 cm³/mol. The van der Waals surface area contributed by atoms with E-state index in [9.17, 15) is 9.59 Å². The van der Waals surface area contributed by atoms with E-state index in [2.05, 4.69) is 10.2 Å². The number of nitrogens with one attached hydrogen (secondary N) is 1. The Bertz CT molecular complexity index is 745. The zero-order valence-corrected chi connectivity index (χ0v) is 13.8. The Morgan fingerprint density at radius 1 is 1.12 bits per heavy atom. The summed E-state index contributed by atoms with van der Waals surface area (Å²) in [5.74, 6) is 1.04. The lowest BCUT2D eigenvalue weighted by Crippen LogP contribution is -2.52. The molecule has 2 atom stereocenters. The van der Waals surface area contributed by atoms with Gasteiger partial charge in [-0.1, -0.05) is 0 Å². The number of benzene rings is 1. The number of carbonyl (C=O) groups excluding carboxylic acids is 2. The van der Waals surface area contributed by atoms with Gasteiger partial charge in [-0.2, -0.15) is 0 Å². The Morgan fingerprint density at radius 3 is 2.64 bits per heavy atom. The Morgan fingerprint density at radius 2 is 1.92 bits per heavy atom. The highest BCUT2D eigenvalue weighted by molar-refractivity contribution is 6.00. The number of amides is 2. The van der Waals surface area contributed by atoms with Crippen molar-refractivity contribution in [2.45, 2.75) is 57.0 Å². The first-order valence-electron chi connectivity index (χ1n) is 8.86. The molecule has 7 heteroatoms. The van der Waals surface area contributed by atoms with Gasteiger partial charge in [-0.15, -0.1) is 0 Å². The second-order valence-corrected chi connectivity index (χ2v) is 7.08. The van der Waals surface area contributed by atoms with Crippen molar-refractivity contribution < 1.29 is 23.8 Å². The summed E-state index contributed by atoms with van der Waals surface area (Å²) in [6.07, 6.45) is 4.14. The minimum absolute atomic E-state index is 0.199. The van der Waals surface area contributed by atoms with Gasteiger partial charge >= 0.3 is 0 Å². The fourth-order valence-corrected chi connectivity index (χ4v) is 3.94. The third-order valence-corrected chi connectivity index (χ3v) is 5.54. The van der Waals surface area contributed by atoms with Crippen LogP contribution >= 0.6 is 0 Å². The van der Waals surface area contributed by atoms with Crippen molar-refractivity contribution in [3.8, 4) is 11.5 Å². The molecule has 0 bridgehead atoms. The van der Waals surface area contributed by atoms with Gasteiger partial charge < -0.3 is 14.2 Å². The summed E-state index contributed by atoms with van der Waals surface area (Å²) in [5, 5.41) is 2.46. The van der Waals surface area contributed by atoms with Crippen LogP contribution in [0.2, 0.25) is 0 Å². The first-order valence-corrected chi connectivity index (χ1v) is 8.86. The van der Waals surface area contributed by atoms with Crippen molar-refractivity contribution in [3.63, 3.8) is 0 Å². The number of imide groups is 1. The van der Waals surface area contributed by atoms with E-state index in [0.717, 1.165) is 35.5 Å². The van der Waals surface area contributed by atoms with E-state index < -0.39 is 0 Å². The van der Waals surface area contributed by atoms with E-state index in [0.29, 0.717) is 19.4 Å². The maximum absolute atomic E-state index is 12.4. The predicted octanol–water partition coefficient (Wildman–Crippen LogP) is 1.60. The number of rotatable bonds is 3. The number of carbonyl (C=O) groups is 2. The molecule has 3 heterocycles. The van der Waals surface area contributed by atoms with Gasteiger partial charge in [-0.3, -0.25) is 19.8 Å².